The van der Waals surface area contributed by atoms with E-state index < -0.39 is 0 Å². The quantitative estimate of drug-likeness (QED) is 0.501. The molecular formula is C12H20O2. The molecule has 0 aliphatic heterocycles. The van der Waals surface area contributed by atoms with Crippen molar-refractivity contribution in [3.63, 3.8) is 0 Å². The Balaban J connectivity index is 2.62. The van der Waals surface area contributed by atoms with Gasteiger partial charge in [0, 0.05) is 6.92 Å². The third-order valence-electron chi connectivity index (χ3n) is 3.02. The van der Waals surface area contributed by atoms with Gasteiger partial charge in [0.25, 0.3) is 0 Å². The van der Waals surface area contributed by atoms with Crippen LogP contribution in [0.3, 0.4) is 0 Å². The first kappa shape index (κ1) is 11.3. The van der Waals surface area contributed by atoms with Gasteiger partial charge in [-0.2, -0.15) is 0 Å². The number of carbonyl (C=O) groups excluding carboxylic acids is 1. The Kier molecular flexibility index (Phi) is 3.73. The molecule has 0 saturated heterocycles. The second-order valence-corrected chi connectivity index (χ2v) is 4.52. The summed E-state index contributed by atoms with van der Waals surface area (Å²) in [6, 6.07) is 0. The number of ether oxygens (including phenoxy) is 1. The van der Waals surface area contributed by atoms with Gasteiger partial charge in [-0.25, -0.2) is 0 Å². The summed E-state index contributed by atoms with van der Waals surface area (Å²) in [5.41, 5.74) is 1.21. The molecule has 1 aliphatic carbocycles. The molecule has 0 aromatic carbocycles. The predicted octanol–water partition coefficient (Wildman–Crippen LogP) is 2.93. The lowest BCUT2D eigenvalue weighted by atomic mass is 9.81. The van der Waals surface area contributed by atoms with Crippen molar-refractivity contribution in [1.82, 2.24) is 0 Å². The molecule has 14 heavy (non-hydrogen) atoms. The molecule has 2 heteroatoms. The maximum absolute atomic E-state index is 10.9. The van der Waals surface area contributed by atoms with Gasteiger partial charge in [0.1, 0.15) is 6.10 Å². The van der Waals surface area contributed by atoms with E-state index in [1.54, 1.807) is 0 Å². The third kappa shape index (κ3) is 2.86. The second kappa shape index (κ2) is 4.63. The van der Waals surface area contributed by atoms with Crippen molar-refractivity contribution in [2.45, 2.75) is 46.6 Å². The third-order valence-corrected chi connectivity index (χ3v) is 3.02. The highest BCUT2D eigenvalue weighted by atomic mass is 16.5. The summed E-state index contributed by atoms with van der Waals surface area (Å²) in [5, 5.41) is 0. The van der Waals surface area contributed by atoms with Gasteiger partial charge in [0.2, 0.25) is 0 Å². The Morgan fingerprint density at radius 1 is 1.57 bits per heavy atom. The first-order valence-electron chi connectivity index (χ1n) is 5.34. The standard InChI is InChI=1S/C12H20O2/c1-8(2)11-6-5-9(3)12(7-11)14-10(4)13/h5,8,11-12H,6-7H2,1-4H3/t11-,12-/m1/s1. The van der Waals surface area contributed by atoms with E-state index in [0.29, 0.717) is 11.8 Å². The van der Waals surface area contributed by atoms with Crippen LogP contribution in [0.2, 0.25) is 0 Å². The Hall–Kier alpha value is -0.790. The highest BCUT2D eigenvalue weighted by molar-refractivity contribution is 5.66. The molecule has 1 rings (SSSR count). The van der Waals surface area contributed by atoms with E-state index in [0.717, 1.165) is 12.8 Å². The number of allylic oxidation sites excluding steroid dienone is 1. The van der Waals surface area contributed by atoms with Crippen LogP contribution in [-0.4, -0.2) is 12.1 Å². The fraction of sp³-hybridized carbons (Fsp3) is 0.750. The summed E-state index contributed by atoms with van der Waals surface area (Å²) in [5.74, 6) is 1.15. The van der Waals surface area contributed by atoms with E-state index in [9.17, 15) is 4.79 Å². The smallest absolute Gasteiger partial charge is 0.303 e. The first-order valence-corrected chi connectivity index (χ1v) is 5.34. The SMILES string of the molecule is CC(=O)O[C@@H]1C[C@H](C(C)C)CC=C1C. The number of hydrogen-bond donors (Lipinski definition) is 0. The van der Waals surface area contributed by atoms with Crippen molar-refractivity contribution in [2.75, 3.05) is 0 Å². The molecule has 2 atom stereocenters. The van der Waals surface area contributed by atoms with Crippen LogP contribution < -0.4 is 0 Å². The Morgan fingerprint density at radius 2 is 2.21 bits per heavy atom. The lowest BCUT2D eigenvalue weighted by Gasteiger charge is -2.30. The minimum Gasteiger partial charge on any atom is -0.458 e. The maximum atomic E-state index is 10.9. The van der Waals surface area contributed by atoms with Crippen LogP contribution in [0.1, 0.15) is 40.5 Å². The van der Waals surface area contributed by atoms with Crippen LogP contribution in [0.4, 0.5) is 0 Å². The lowest BCUT2D eigenvalue weighted by Crippen LogP contribution is -2.26. The van der Waals surface area contributed by atoms with E-state index in [1.165, 1.54) is 12.5 Å². The monoisotopic (exact) mass is 196 g/mol. The molecular weight excluding hydrogens is 176 g/mol. The largest absolute Gasteiger partial charge is 0.458 e. The topological polar surface area (TPSA) is 26.3 Å². The molecule has 0 fully saturated rings. The van der Waals surface area contributed by atoms with E-state index in [4.69, 9.17) is 4.74 Å². The van der Waals surface area contributed by atoms with Crippen molar-refractivity contribution in [3.05, 3.63) is 11.6 Å². The van der Waals surface area contributed by atoms with Crippen LogP contribution in [0.5, 0.6) is 0 Å². The van der Waals surface area contributed by atoms with E-state index in [-0.39, 0.29) is 12.1 Å². The number of carbonyl (C=O) groups is 1. The summed E-state index contributed by atoms with van der Waals surface area (Å²) in [7, 11) is 0. The molecule has 0 bridgehead atoms. The Bertz CT molecular complexity index is 241. The maximum Gasteiger partial charge on any atom is 0.303 e. The van der Waals surface area contributed by atoms with Crippen LogP contribution >= 0.6 is 0 Å². The van der Waals surface area contributed by atoms with Gasteiger partial charge in [-0.3, -0.25) is 4.79 Å². The zero-order chi connectivity index (χ0) is 10.7. The Labute approximate surface area is 86.3 Å². The normalized spacial score (nSPS) is 27.4. The predicted molar refractivity (Wildman–Crippen MR) is 56.9 cm³/mol. The summed E-state index contributed by atoms with van der Waals surface area (Å²) >= 11 is 0. The molecule has 80 valence electrons. The zero-order valence-corrected chi connectivity index (χ0v) is 9.54. The van der Waals surface area contributed by atoms with Gasteiger partial charge in [0.05, 0.1) is 0 Å². The molecule has 0 saturated carbocycles. The van der Waals surface area contributed by atoms with Crippen molar-refractivity contribution >= 4 is 5.97 Å². The fourth-order valence-corrected chi connectivity index (χ4v) is 1.91. The Morgan fingerprint density at radius 3 is 2.71 bits per heavy atom. The van der Waals surface area contributed by atoms with Gasteiger partial charge in [0.15, 0.2) is 0 Å². The molecule has 0 radical (unpaired) electrons. The van der Waals surface area contributed by atoms with Crippen molar-refractivity contribution < 1.29 is 9.53 Å². The highest BCUT2D eigenvalue weighted by Crippen LogP contribution is 2.30. The fourth-order valence-electron chi connectivity index (χ4n) is 1.91. The number of esters is 1. The van der Waals surface area contributed by atoms with E-state index in [2.05, 4.69) is 19.9 Å². The van der Waals surface area contributed by atoms with Crippen LogP contribution in [-0.2, 0) is 9.53 Å². The van der Waals surface area contributed by atoms with Crippen LogP contribution in [0, 0.1) is 11.8 Å². The van der Waals surface area contributed by atoms with E-state index >= 15 is 0 Å². The van der Waals surface area contributed by atoms with E-state index in [1.807, 2.05) is 6.92 Å². The minimum absolute atomic E-state index is 0.0219. The molecule has 2 nitrogen and oxygen atoms in total. The molecule has 0 aromatic rings. The minimum atomic E-state index is -0.174. The van der Waals surface area contributed by atoms with Crippen molar-refractivity contribution in [2.24, 2.45) is 11.8 Å². The number of rotatable bonds is 2. The molecule has 0 unspecified atom stereocenters. The van der Waals surface area contributed by atoms with Gasteiger partial charge in [-0.1, -0.05) is 19.9 Å². The molecule has 0 N–H and O–H groups in total. The molecule has 0 amide bonds. The molecule has 0 spiro atoms. The zero-order valence-electron chi connectivity index (χ0n) is 9.54. The molecule has 0 aromatic heterocycles. The van der Waals surface area contributed by atoms with Crippen molar-refractivity contribution in [3.8, 4) is 0 Å². The molecule has 1 aliphatic rings. The summed E-state index contributed by atoms with van der Waals surface area (Å²) < 4.78 is 5.28. The van der Waals surface area contributed by atoms with Gasteiger partial charge in [-0.15, -0.1) is 0 Å². The van der Waals surface area contributed by atoms with Gasteiger partial charge >= 0.3 is 5.97 Å². The second-order valence-electron chi connectivity index (χ2n) is 4.52. The average Bonchev–Trinajstić information content (AvgIpc) is 2.07. The summed E-state index contributed by atoms with van der Waals surface area (Å²) in [6.45, 7) is 7.98. The van der Waals surface area contributed by atoms with Crippen molar-refractivity contribution in [1.29, 1.82) is 0 Å². The lowest BCUT2D eigenvalue weighted by molar-refractivity contribution is -0.145. The molecule has 0 heterocycles. The summed E-state index contributed by atoms with van der Waals surface area (Å²) in [4.78, 5) is 10.9. The highest BCUT2D eigenvalue weighted by Gasteiger charge is 2.25. The van der Waals surface area contributed by atoms with Gasteiger partial charge in [-0.05, 0) is 37.2 Å². The number of hydrogen-bond acceptors (Lipinski definition) is 2. The average molecular weight is 196 g/mol. The van der Waals surface area contributed by atoms with Gasteiger partial charge < -0.3 is 4.74 Å². The van der Waals surface area contributed by atoms with Crippen LogP contribution in [0.15, 0.2) is 11.6 Å². The van der Waals surface area contributed by atoms with Crippen LogP contribution in [0.25, 0.3) is 0 Å². The summed E-state index contributed by atoms with van der Waals surface area (Å²) in [6.07, 6.45) is 4.34. The first-order chi connectivity index (χ1) is 6.50.